The lowest BCUT2D eigenvalue weighted by molar-refractivity contribution is -0.115. The standard InChI is InChI=1S/C23H22N2O3/c1-16-10-12-17(13-11-16)14-22(26)25-21-9-4-3-8-20(21)23(27)24-18-6-5-7-19(15-18)28-2/h3-13,15H,14H2,1-2H3,(H,24,27)(H,25,26). The molecule has 0 aliphatic rings. The number of hydrogen-bond donors (Lipinski definition) is 2. The van der Waals surface area contributed by atoms with Crippen molar-refractivity contribution in [3.63, 3.8) is 0 Å². The van der Waals surface area contributed by atoms with Crippen molar-refractivity contribution >= 4 is 23.2 Å². The highest BCUT2D eigenvalue weighted by atomic mass is 16.5. The molecular formula is C23H22N2O3. The second-order valence-electron chi connectivity index (χ2n) is 6.44. The van der Waals surface area contributed by atoms with Crippen LogP contribution in [0.1, 0.15) is 21.5 Å². The number of aryl methyl sites for hydroxylation is 1. The van der Waals surface area contributed by atoms with Gasteiger partial charge in [-0.1, -0.05) is 48.0 Å². The lowest BCUT2D eigenvalue weighted by Gasteiger charge is -2.12. The minimum atomic E-state index is -0.306. The van der Waals surface area contributed by atoms with Crippen molar-refractivity contribution < 1.29 is 14.3 Å². The van der Waals surface area contributed by atoms with Gasteiger partial charge in [0, 0.05) is 11.8 Å². The van der Waals surface area contributed by atoms with Gasteiger partial charge in [-0.15, -0.1) is 0 Å². The van der Waals surface area contributed by atoms with E-state index < -0.39 is 0 Å². The van der Waals surface area contributed by atoms with Crippen LogP contribution in [0.4, 0.5) is 11.4 Å². The average molecular weight is 374 g/mol. The molecular weight excluding hydrogens is 352 g/mol. The van der Waals surface area contributed by atoms with Crippen LogP contribution in [0.5, 0.6) is 5.75 Å². The molecule has 3 rings (SSSR count). The summed E-state index contributed by atoms with van der Waals surface area (Å²) in [6, 6.07) is 21.8. The molecule has 0 aromatic heterocycles. The van der Waals surface area contributed by atoms with E-state index in [1.54, 1.807) is 55.6 Å². The highest BCUT2D eigenvalue weighted by Crippen LogP contribution is 2.20. The van der Waals surface area contributed by atoms with Gasteiger partial charge in [-0.3, -0.25) is 9.59 Å². The summed E-state index contributed by atoms with van der Waals surface area (Å²) in [6.07, 6.45) is 0.242. The zero-order chi connectivity index (χ0) is 19.9. The Labute approximate surface area is 164 Å². The van der Waals surface area contributed by atoms with E-state index in [0.717, 1.165) is 11.1 Å². The van der Waals surface area contributed by atoms with Gasteiger partial charge in [-0.25, -0.2) is 0 Å². The van der Waals surface area contributed by atoms with Crippen molar-refractivity contribution in [2.75, 3.05) is 17.7 Å². The molecule has 0 radical (unpaired) electrons. The van der Waals surface area contributed by atoms with E-state index in [1.165, 1.54) is 0 Å². The summed E-state index contributed by atoms with van der Waals surface area (Å²) in [7, 11) is 1.57. The van der Waals surface area contributed by atoms with Gasteiger partial charge >= 0.3 is 0 Å². The maximum Gasteiger partial charge on any atom is 0.257 e. The molecule has 0 aliphatic carbocycles. The Hall–Kier alpha value is -3.60. The number of carbonyl (C=O) groups is 2. The molecule has 3 aromatic rings. The lowest BCUT2D eigenvalue weighted by Crippen LogP contribution is -2.19. The number of nitrogens with one attached hydrogen (secondary N) is 2. The van der Waals surface area contributed by atoms with Crippen molar-refractivity contribution in [1.82, 2.24) is 0 Å². The number of anilines is 2. The molecule has 5 heteroatoms. The summed E-state index contributed by atoms with van der Waals surface area (Å²) in [4.78, 5) is 25.1. The Morgan fingerprint density at radius 2 is 1.64 bits per heavy atom. The molecule has 0 atom stereocenters. The fourth-order valence-corrected chi connectivity index (χ4v) is 2.78. The number of hydrogen-bond acceptors (Lipinski definition) is 3. The van der Waals surface area contributed by atoms with E-state index in [-0.39, 0.29) is 18.2 Å². The third-order valence-electron chi connectivity index (χ3n) is 4.26. The third-order valence-corrected chi connectivity index (χ3v) is 4.26. The highest BCUT2D eigenvalue weighted by molar-refractivity contribution is 6.10. The minimum absolute atomic E-state index is 0.175. The third kappa shape index (κ3) is 4.98. The Bertz CT molecular complexity index is 981. The van der Waals surface area contributed by atoms with Gasteiger partial charge in [0.2, 0.25) is 5.91 Å². The van der Waals surface area contributed by atoms with Gasteiger partial charge in [-0.2, -0.15) is 0 Å². The Kier molecular flexibility index (Phi) is 6.07. The monoisotopic (exact) mass is 374 g/mol. The molecule has 0 heterocycles. The summed E-state index contributed by atoms with van der Waals surface area (Å²) in [5.74, 6) is 0.169. The smallest absolute Gasteiger partial charge is 0.257 e. The van der Waals surface area contributed by atoms with E-state index in [4.69, 9.17) is 4.74 Å². The van der Waals surface area contributed by atoms with Crippen LogP contribution in [0.15, 0.2) is 72.8 Å². The summed E-state index contributed by atoms with van der Waals surface area (Å²) >= 11 is 0. The average Bonchev–Trinajstić information content (AvgIpc) is 2.70. The molecule has 0 saturated heterocycles. The van der Waals surface area contributed by atoms with E-state index in [0.29, 0.717) is 22.7 Å². The number of carbonyl (C=O) groups excluding carboxylic acids is 2. The van der Waals surface area contributed by atoms with Gasteiger partial charge in [-0.05, 0) is 36.8 Å². The molecule has 3 aromatic carbocycles. The van der Waals surface area contributed by atoms with Crippen LogP contribution in [-0.2, 0) is 11.2 Å². The van der Waals surface area contributed by atoms with E-state index >= 15 is 0 Å². The lowest BCUT2D eigenvalue weighted by atomic mass is 10.1. The SMILES string of the molecule is COc1cccc(NC(=O)c2ccccc2NC(=O)Cc2ccc(C)cc2)c1. The Morgan fingerprint density at radius 1 is 0.893 bits per heavy atom. The van der Waals surface area contributed by atoms with Crippen LogP contribution >= 0.6 is 0 Å². The Balaban J connectivity index is 1.72. The largest absolute Gasteiger partial charge is 0.497 e. The van der Waals surface area contributed by atoms with Gasteiger partial charge in [0.25, 0.3) is 5.91 Å². The van der Waals surface area contributed by atoms with E-state index in [9.17, 15) is 9.59 Å². The van der Waals surface area contributed by atoms with Crippen molar-refractivity contribution in [1.29, 1.82) is 0 Å². The van der Waals surface area contributed by atoms with Crippen LogP contribution in [0, 0.1) is 6.92 Å². The zero-order valence-corrected chi connectivity index (χ0v) is 15.9. The van der Waals surface area contributed by atoms with Crippen LogP contribution in [0.25, 0.3) is 0 Å². The maximum atomic E-state index is 12.7. The first kappa shape index (κ1) is 19.2. The van der Waals surface area contributed by atoms with Crippen LogP contribution in [-0.4, -0.2) is 18.9 Å². The quantitative estimate of drug-likeness (QED) is 0.670. The molecule has 0 aliphatic heterocycles. The molecule has 28 heavy (non-hydrogen) atoms. The molecule has 0 bridgehead atoms. The maximum absolute atomic E-state index is 12.7. The number of benzene rings is 3. The zero-order valence-electron chi connectivity index (χ0n) is 15.9. The predicted octanol–water partition coefficient (Wildman–Crippen LogP) is 4.44. The van der Waals surface area contributed by atoms with Crippen molar-refractivity contribution in [3.8, 4) is 5.75 Å². The molecule has 5 nitrogen and oxygen atoms in total. The van der Waals surface area contributed by atoms with Gasteiger partial charge < -0.3 is 15.4 Å². The first-order valence-corrected chi connectivity index (χ1v) is 8.95. The van der Waals surface area contributed by atoms with E-state index in [2.05, 4.69) is 10.6 Å². The number of amides is 2. The Morgan fingerprint density at radius 3 is 2.39 bits per heavy atom. The number of rotatable bonds is 6. The van der Waals surface area contributed by atoms with Gasteiger partial charge in [0.05, 0.1) is 24.8 Å². The molecule has 0 unspecified atom stereocenters. The molecule has 142 valence electrons. The van der Waals surface area contributed by atoms with Crippen LogP contribution in [0.3, 0.4) is 0 Å². The fraction of sp³-hybridized carbons (Fsp3) is 0.130. The fourth-order valence-electron chi connectivity index (χ4n) is 2.78. The molecule has 0 fully saturated rings. The second-order valence-corrected chi connectivity index (χ2v) is 6.44. The number of para-hydroxylation sites is 1. The summed E-state index contributed by atoms with van der Waals surface area (Å²) in [6.45, 7) is 2.00. The van der Waals surface area contributed by atoms with Crippen LogP contribution < -0.4 is 15.4 Å². The predicted molar refractivity (Wildman–Crippen MR) is 111 cm³/mol. The number of ether oxygens (including phenoxy) is 1. The molecule has 2 amide bonds. The molecule has 0 saturated carbocycles. The summed E-state index contributed by atoms with van der Waals surface area (Å²) in [5.41, 5.74) is 3.54. The topological polar surface area (TPSA) is 67.4 Å². The number of methoxy groups -OCH3 is 1. The van der Waals surface area contributed by atoms with E-state index in [1.807, 2.05) is 31.2 Å². The first-order chi connectivity index (χ1) is 13.5. The molecule has 2 N–H and O–H groups in total. The first-order valence-electron chi connectivity index (χ1n) is 8.95. The van der Waals surface area contributed by atoms with Crippen LogP contribution in [0.2, 0.25) is 0 Å². The summed E-state index contributed by atoms with van der Waals surface area (Å²) < 4.78 is 5.17. The van der Waals surface area contributed by atoms with Crippen molar-refractivity contribution in [2.45, 2.75) is 13.3 Å². The van der Waals surface area contributed by atoms with Gasteiger partial charge in [0.1, 0.15) is 5.75 Å². The normalized spacial score (nSPS) is 10.2. The van der Waals surface area contributed by atoms with Crippen molar-refractivity contribution in [3.05, 3.63) is 89.5 Å². The second kappa shape index (κ2) is 8.86. The van der Waals surface area contributed by atoms with Crippen molar-refractivity contribution in [2.24, 2.45) is 0 Å². The molecule has 0 spiro atoms. The minimum Gasteiger partial charge on any atom is -0.497 e. The summed E-state index contributed by atoms with van der Waals surface area (Å²) in [5, 5.41) is 5.67. The highest BCUT2D eigenvalue weighted by Gasteiger charge is 2.14. The van der Waals surface area contributed by atoms with Gasteiger partial charge in [0.15, 0.2) is 0 Å².